The van der Waals surface area contributed by atoms with Crippen molar-refractivity contribution in [1.29, 1.82) is 0 Å². The van der Waals surface area contributed by atoms with Crippen molar-refractivity contribution >= 4 is 16.0 Å². The summed E-state index contributed by atoms with van der Waals surface area (Å²) in [4.78, 5) is 18.0. The van der Waals surface area contributed by atoms with Gasteiger partial charge in [0.05, 0.1) is 12.0 Å². The number of unbranched alkanes of at least 4 members (excludes halogenated alkanes) is 1. The smallest absolute Gasteiger partial charge is 0.305 e. The van der Waals surface area contributed by atoms with Gasteiger partial charge in [0.1, 0.15) is 0 Å². The molecule has 3 rings (SSSR count). The Morgan fingerprint density at radius 3 is 2.77 bits per heavy atom. The highest BCUT2D eigenvalue weighted by molar-refractivity contribution is 7.89. The van der Waals surface area contributed by atoms with E-state index in [-0.39, 0.29) is 22.9 Å². The highest BCUT2D eigenvalue weighted by Gasteiger charge is 2.33. The monoisotopic (exact) mass is 443 g/mol. The van der Waals surface area contributed by atoms with E-state index in [1.54, 1.807) is 36.5 Å². The van der Waals surface area contributed by atoms with Crippen LogP contribution in [0.4, 0.5) is 0 Å². The third-order valence-corrected chi connectivity index (χ3v) is 6.81. The molecule has 1 aromatic carbocycles. The van der Waals surface area contributed by atoms with Crippen LogP contribution in [0.2, 0.25) is 0 Å². The predicted molar refractivity (Wildman–Crippen MR) is 119 cm³/mol. The maximum atomic E-state index is 12.7. The molecule has 1 fully saturated rings. The molecule has 0 bridgehead atoms. The summed E-state index contributed by atoms with van der Waals surface area (Å²) in [6.07, 6.45) is 10.3. The van der Waals surface area contributed by atoms with Crippen molar-refractivity contribution in [1.82, 2.24) is 14.6 Å². The number of methoxy groups -OCH3 is 1. The maximum Gasteiger partial charge on any atom is 0.305 e. The van der Waals surface area contributed by atoms with Crippen LogP contribution < -0.4 is 4.72 Å². The summed E-state index contributed by atoms with van der Waals surface area (Å²) in [5.41, 5.74) is 1.08. The zero-order chi connectivity index (χ0) is 22.1. The van der Waals surface area contributed by atoms with Crippen molar-refractivity contribution in [2.75, 3.05) is 13.7 Å². The molecule has 31 heavy (non-hydrogen) atoms. The van der Waals surface area contributed by atoms with Gasteiger partial charge in [-0.25, -0.2) is 13.1 Å². The first-order valence-corrected chi connectivity index (χ1v) is 11.9. The normalized spacial score (nSPS) is 19.6. The van der Waals surface area contributed by atoms with E-state index < -0.39 is 10.0 Å². The van der Waals surface area contributed by atoms with E-state index in [2.05, 4.69) is 31.5 Å². The second-order valence-electron chi connectivity index (χ2n) is 7.62. The number of nitrogens with one attached hydrogen (secondary N) is 1. The molecule has 1 saturated heterocycles. The van der Waals surface area contributed by atoms with E-state index in [9.17, 15) is 13.2 Å². The van der Waals surface area contributed by atoms with Gasteiger partial charge < -0.3 is 4.74 Å². The van der Waals surface area contributed by atoms with E-state index >= 15 is 0 Å². The number of allylic oxidation sites excluding steroid dienone is 1. The summed E-state index contributed by atoms with van der Waals surface area (Å²) in [6.45, 7) is 1.30. The van der Waals surface area contributed by atoms with Crippen molar-refractivity contribution in [2.24, 2.45) is 0 Å². The molecule has 1 aromatic heterocycles. The summed E-state index contributed by atoms with van der Waals surface area (Å²) in [6, 6.07) is 12.3. The Bertz CT molecular complexity index is 965. The number of likely N-dealkylation sites (tertiary alicyclic amines) is 1. The predicted octanol–water partition coefficient (Wildman–Crippen LogP) is 2.90. The fourth-order valence-electron chi connectivity index (χ4n) is 3.73. The van der Waals surface area contributed by atoms with Gasteiger partial charge in [0.2, 0.25) is 10.0 Å². The third-order valence-electron chi connectivity index (χ3n) is 5.27. The van der Waals surface area contributed by atoms with E-state index in [1.165, 1.54) is 7.11 Å². The van der Waals surface area contributed by atoms with E-state index in [4.69, 9.17) is 0 Å². The Labute approximate surface area is 184 Å². The number of benzene rings is 1. The standard InChI is InChI=1S/C23H29N3O4S/c1-30-23(27)13-7-2-4-10-21-15-20(18-26(21)17-19-9-8-14-24-16-19)25-31(28,29)22-11-5-3-6-12-22/h3-6,8-12,14,16,20-21,25H,2,7,13,15,17-18H2,1H3/b10-4-/t20-,21-/m1/s1. The molecule has 2 aromatic rings. The largest absolute Gasteiger partial charge is 0.469 e. The molecule has 1 aliphatic rings. The van der Waals surface area contributed by atoms with Gasteiger partial charge in [-0.15, -0.1) is 0 Å². The lowest BCUT2D eigenvalue weighted by atomic mass is 10.1. The van der Waals surface area contributed by atoms with Crippen LogP contribution >= 0.6 is 0 Å². The van der Waals surface area contributed by atoms with Crippen LogP contribution in [0.5, 0.6) is 0 Å². The van der Waals surface area contributed by atoms with E-state index in [1.807, 2.05) is 18.3 Å². The first-order valence-electron chi connectivity index (χ1n) is 10.4. The first kappa shape index (κ1) is 23.1. The summed E-state index contributed by atoms with van der Waals surface area (Å²) in [5, 5.41) is 0. The number of carbonyl (C=O) groups excluding carboxylic acids is 1. The Kier molecular flexibility index (Phi) is 8.34. The number of carbonyl (C=O) groups is 1. The van der Waals surface area contributed by atoms with Gasteiger partial charge in [-0.2, -0.15) is 0 Å². The van der Waals surface area contributed by atoms with Crippen LogP contribution in [-0.4, -0.2) is 50.0 Å². The van der Waals surface area contributed by atoms with Gasteiger partial charge in [-0.3, -0.25) is 14.7 Å². The number of esters is 1. The van der Waals surface area contributed by atoms with Crippen molar-refractivity contribution < 1.29 is 17.9 Å². The fourth-order valence-corrected chi connectivity index (χ4v) is 5.00. The number of rotatable bonds is 10. The Hall–Kier alpha value is -2.55. The lowest BCUT2D eigenvalue weighted by Gasteiger charge is -2.21. The second kappa shape index (κ2) is 11.2. The highest BCUT2D eigenvalue weighted by atomic mass is 32.2. The van der Waals surface area contributed by atoms with Crippen molar-refractivity contribution in [3.05, 3.63) is 72.6 Å². The summed E-state index contributed by atoms with van der Waals surface area (Å²) < 4.78 is 33.0. The van der Waals surface area contributed by atoms with Gasteiger partial charge >= 0.3 is 5.97 Å². The fraction of sp³-hybridized carbons (Fsp3) is 0.391. The van der Waals surface area contributed by atoms with Crippen LogP contribution in [0.3, 0.4) is 0 Å². The molecule has 0 radical (unpaired) electrons. The lowest BCUT2D eigenvalue weighted by molar-refractivity contribution is -0.140. The quantitative estimate of drug-likeness (QED) is 0.345. The number of hydrogen-bond acceptors (Lipinski definition) is 6. The van der Waals surface area contributed by atoms with Crippen molar-refractivity contribution in [2.45, 2.75) is 49.2 Å². The first-order chi connectivity index (χ1) is 15.0. The summed E-state index contributed by atoms with van der Waals surface area (Å²) in [7, 11) is -2.18. The van der Waals surface area contributed by atoms with Gasteiger partial charge in [-0.1, -0.05) is 36.4 Å². The average molecular weight is 444 g/mol. The molecular weight excluding hydrogens is 414 g/mol. The third kappa shape index (κ3) is 6.99. The molecule has 0 spiro atoms. The van der Waals surface area contributed by atoms with Gasteiger partial charge in [0, 0.05) is 44.0 Å². The van der Waals surface area contributed by atoms with Crippen LogP contribution in [0.15, 0.2) is 71.9 Å². The van der Waals surface area contributed by atoms with Crippen LogP contribution in [0, 0.1) is 0 Å². The Balaban J connectivity index is 1.65. The molecule has 1 aliphatic heterocycles. The molecule has 0 aliphatic carbocycles. The minimum absolute atomic E-state index is 0.0989. The van der Waals surface area contributed by atoms with E-state index in [0.717, 1.165) is 18.4 Å². The molecule has 2 atom stereocenters. The maximum absolute atomic E-state index is 12.7. The molecule has 0 saturated carbocycles. The number of pyridine rings is 1. The molecule has 1 N–H and O–H groups in total. The zero-order valence-electron chi connectivity index (χ0n) is 17.7. The minimum Gasteiger partial charge on any atom is -0.469 e. The molecule has 0 unspecified atom stereocenters. The molecule has 2 heterocycles. The Morgan fingerprint density at radius 2 is 2.06 bits per heavy atom. The van der Waals surface area contributed by atoms with Crippen LogP contribution in [0.25, 0.3) is 0 Å². The van der Waals surface area contributed by atoms with E-state index in [0.29, 0.717) is 25.9 Å². The van der Waals surface area contributed by atoms with Gasteiger partial charge in [0.25, 0.3) is 0 Å². The van der Waals surface area contributed by atoms with Crippen LogP contribution in [-0.2, 0) is 26.1 Å². The number of ether oxygens (including phenoxy) is 1. The Morgan fingerprint density at radius 1 is 1.26 bits per heavy atom. The van der Waals surface area contributed by atoms with Crippen LogP contribution in [0.1, 0.15) is 31.2 Å². The topological polar surface area (TPSA) is 88.6 Å². The zero-order valence-corrected chi connectivity index (χ0v) is 18.5. The van der Waals surface area contributed by atoms with Gasteiger partial charge in [-0.05, 0) is 43.0 Å². The number of hydrogen-bond donors (Lipinski definition) is 1. The molecule has 8 heteroatoms. The molecule has 7 nitrogen and oxygen atoms in total. The minimum atomic E-state index is -3.57. The molecular formula is C23H29N3O4S. The second-order valence-corrected chi connectivity index (χ2v) is 9.34. The number of nitrogens with zero attached hydrogens (tertiary/aromatic N) is 2. The molecule has 0 amide bonds. The van der Waals surface area contributed by atoms with Crippen molar-refractivity contribution in [3.8, 4) is 0 Å². The number of sulfonamides is 1. The average Bonchev–Trinajstić information content (AvgIpc) is 3.14. The van der Waals surface area contributed by atoms with Crippen molar-refractivity contribution in [3.63, 3.8) is 0 Å². The highest BCUT2D eigenvalue weighted by Crippen LogP contribution is 2.23. The number of aromatic nitrogens is 1. The summed E-state index contributed by atoms with van der Waals surface area (Å²) in [5.74, 6) is -0.206. The SMILES string of the molecule is COC(=O)CCC/C=C\[C@@H]1C[C@@H](NS(=O)(=O)c2ccccc2)CN1Cc1cccnc1. The van der Waals surface area contributed by atoms with Gasteiger partial charge in [0.15, 0.2) is 0 Å². The summed E-state index contributed by atoms with van der Waals surface area (Å²) >= 11 is 0. The molecule has 166 valence electrons. The lowest BCUT2D eigenvalue weighted by Crippen LogP contribution is -2.37.